The highest BCUT2D eigenvalue weighted by Gasteiger charge is 2.28. The molecule has 0 amide bonds. The van der Waals surface area contributed by atoms with Gasteiger partial charge >= 0.3 is 0 Å². The molecule has 1 fully saturated rings. The van der Waals surface area contributed by atoms with Crippen LogP contribution in [0.25, 0.3) is 16.6 Å². The summed E-state index contributed by atoms with van der Waals surface area (Å²) in [5.41, 5.74) is 0.0581. The van der Waals surface area contributed by atoms with Gasteiger partial charge in [-0.25, -0.2) is 17.8 Å². The maximum atomic E-state index is 14.0. The molecule has 1 atom stereocenters. The molecule has 2 heterocycles. The van der Waals surface area contributed by atoms with Crippen molar-refractivity contribution in [1.82, 2.24) is 14.9 Å². The number of nitrogens with zero attached hydrogens (tertiary/aromatic N) is 2. The highest BCUT2D eigenvalue weighted by atomic mass is 32.2. The van der Waals surface area contributed by atoms with Gasteiger partial charge in [0.15, 0.2) is 0 Å². The van der Waals surface area contributed by atoms with Crippen LogP contribution in [0.1, 0.15) is 24.7 Å². The fourth-order valence-electron chi connectivity index (χ4n) is 4.17. The number of rotatable bonds is 4. The molecule has 6 nitrogen and oxygen atoms in total. The summed E-state index contributed by atoms with van der Waals surface area (Å²) in [4.78, 5) is 18.5. The van der Waals surface area contributed by atoms with Crippen LogP contribution >= 0.6 is 0 Å². The molecule has 0 bridgehead atoms. The first-order chi connectivity index (χ1) is 15.5. The third-order valence-corrected chi connectivity index (χ3v) is 7.48. The molecule has 1 unspecified atom stereocenters. The van der Waals surface area contributed by atoms with Crippen molar-refractivity contribution in [3.05, 3.63) is 94.8 Å². The Hall–Kier alpha value is -3.36. The second-order valence-electron chi connectivity index (χ2n) is 7.71. The molecular weight excluding hydrogens is 429 g/mol. The first-order valence-corrected chi connectivity index (χ1v) is 11.8. The van der Waals surface area contributed by atoms with Crippen molar-refractivity contribution < 1.29 is 12.8 Å². The highest BCUT2D eigenvalue weighted by molar-refractivity contribution is 7.91. The van der Waals surface area contributed by atoms with E-state index < -0.39 is 21.2 Å². The molecule has 0 saturated carbocycles. The lowest BCUT2D eigenvalue weighted by Crippen LogP contribution is -2.29. The molecule has 4 aromatic rings. The topological polar surface area (TPSA) is 81.1 Å². The zero-order chi connectivity index (χ0) is 22.3. The molecule has 1 aliphatic rings. The average Bonchev–Trinajstić information content (AvgIpc) is 3.34. The molecule has 162 valence electrons. The SMILES string of the molecule is O=c1c2c(S(=O)(=O)c3ccccc3)cccc2nc(C2CCCN2)n1-c1cccc(F)c1. The Kier molecular flexibility index (Phi) is 5.11. The summed E-state index contributed by atoms with van der Waals surface area (Å²) in [5, 5.41) is 3.31. The van der Waals surface area contributed by atoms with E-state index in [9.17, 15) is 17.6 Å². The van der Waals surface area contributed by atoms with E-state index in [0.29, 0.717) is 17.0 Å². The van der Waals surface area contributed by atoms with Crippen molar-refractivity contribution in [3.8, 4) is 5.69 Å². The van der Waals surface area contributed by atoms with Crippen LogP contribution in [0.5, 0.6) is 0 Å². The van der Waals surface area contributed by atoms with Crippen LogP contribution in [0.15, 0.2) is 87.4 Å². The number of hydrogen-bond donors (Lipinski definition) is 1. The Bertz CT molecular complexity index is 1480. The van der Waals surface area contributed by atoms with Gasteiger partial charge in [-0.3, -0.25) is 9.36 Å². The molecule has 3 aromatic carbocycles. The van der Waals surface area contributed by atoms with E-state index in [4.69, 9.17) is 4.98 Å². The number of halogens is 1. The van der Waals surface area contributed by atoms with Crippen LogP contribution in [0.2, 0.25) is 0 Å². The Labute approximate surface area is 184 Å². The van der Waals surface area contributed by atoms with E-state index >= 15 is 0 Å². The largest absolute Gasteiger partial charge is 0.307 e. The monoisotopic (exact) mass is 449 g/mol. The summed E-state index contributed by atoms with van der Waals surface area (Å²) in [6.45, 7) is 0.782. The standard InChI is InChI=1S/C24H20FN3O3S/c25-16-7-4-8-17(15-16)28-23(20-12-6-14-26-20)27-19-11-5-13-21(22(19)24(28)29)32(30,31)18-9-2-1-3-10-18/h1-5,7-11,13,15,20,26H,6,12,14H2. The van der Waals surface area contributed by atoms with E-state index in [-0.39, 0.29) is 21.2 Å². The van der Waals surface area contributed by atoms with E-state index in [1.54, 1.807) is 36.4 Å². The Morgan fingerprint density at radius 2 is 1.78 bits per heavy atom. The molecule has 5 rings (SSSR count). The van der Waals surface area contributed by atoms with Crippen LogP contribution < -0.4 is 10.9 Å². The van der Waals surface area contributed by atoms with Crippen molar-refractivity contribution in [1.29, 1.82) is 0 Å². The summed E-state index contributed by atoms with van der Waals surface area (Å²) in [5.74, 6) is -0.0510. The van der Waals surface area contributed by atoms with Crippen molar-refractivity contribution in [2.75, 3.05) is 6.54 Å². The fraction of sp³-hybridized carbons (Fsp3) is 0.167. The normalized spacial score (nSPS) is 16.5. The Morgan fingerprint density at radius 1 is 1.00 bits per heavy atom. The van der Waals surface area contributed by atoms with E-state index in [1.165, 1.54) is 41.0 Å². The van der Waals surface area contributed by atoms with Crippen molar-refractivity contribution in [2.45, 2.75) is 28.7 Å². The van der Waals surface area contributed by atoms with Gasteiger partial charge in [-0.15, -0.1) is 0 Å². The van der Waals surface area contributed by atoms with Crippen LogP contribution in [0.4, 0.5) is 4.39 Å². The van der Waals surface area contributed by atoms with Gasteiger partial charge in [0.25, 0.3) is 5.56 Å². The summed E-state index contributed by atoms with van der Waals surface area (Å²) in [6.07, 6.45) is 1.69. The second kappa shape index (κ2) is 7.96. The maximum Gasteiger partial charge on any atom is 0.267 e. The zero-order valence-corrected chi connectivity index (χ0v) is 17.8. The number of benzene rings is 3. The minimum Gasteiger partial charge on any atom is -0.307 e. The molecule has 1 aromatic heterocycles. The summed E-state index contributed by atoms with van der Waals surface area (Å²) >= 11 is 0. The number of nitrogens with one attached hydrogen (secondary N) is 1. The van der Waals surface area contributed by atoms with Crippen LogP contribution in [0, 0.1) is 5.82 Å². The summed E-state index contributed by atoms with van der Waals surface area (Å²) < 4.78 is 42.2. The summed E-state index contributed by atoms with van der Waals surface area (Å²) in [7, 11) is -3.97. The molecular formula is C24H20FN3O3S. The van der Waals surface area contributed by atoms with Crippen LogP contribution in [0.3, 0.4) is 0 Å². The van der Waals surface area contributed by atoms with Gasteiger partial charge < -0.3 is 5.32 Å². The molecule has 1 saturated heterocycles. The first kappa shape index (κ1) is 20.5. The maximum absolute atomic E-state index is 14.0. The molecule has 8 heteroatoms. The minimum atomic E-state index is -3.97. The van der Waals surface area contributed by atoms with Crippen molar-refractivity contribution in [3.63, 3.8) is 0 Å². The highest BCUT2D eigenvalue weighted by Crippen LogP contribution is 2.29. The smallest absolute Gasteiger partial charge is 0.267 e. The minimum absolute atomic E-state index is 0.0117. The van der Waals surface area contributed by atoms with Gasteiger partial charge in [-0.1, -0.05) is 30.3 Å². The van der Waals surface area contributed by atoms with Crippen molar-refractivity contribution >= 4 is 20.7 Å². The molecule has 1 N–H and O–H groups in total. The van der Waals surface area contributed by atoms with Gasteiger partial charge in [-0.2, -0.15) is 0 Å². The van der Waals surface area contributed by atoms with E-state index in [1.807, 2.05) is 0 Å². The molecule has 0 radical (unpaired) electrons. The first-order valence-electron chi connectivity index (χ1n) is 10.3. The van der Waals surface area contributed by atoms with Gasteiger partial charge in [-0.05, 0) is 61.9 Å². The lowest BCUT2D eigenvalue weighted by molar-refractivity contribution is 0.580. The summed E-state index contributed by atoms with van der Waals surface area (Å²) in [6, 6.07) is 18.1. The third-order valence-electron chi connectivity index (χ3n) is 5.67. The number of aromatic nitrogens is 2. The molecule has 1 aliphatic heterocycles. The number of sulfone groups is 1. The van der Waals surface area contributed by atoms with Gasteiger partial charge in [0.05, 0.1) is 32.4 Å². The molecule has 0 aliphatic carbocycles. The van der Waals surface area contributed by atoms with Gasteiger partial charge in [0.2, 0.25) is 9.84 Å². The van der Waals surface area contributed by atoms with E-state index in [2.05, 4.69) is 5.32 Å². The lowest BCUT2D eigenvalue weighted by Gasteiger charge is -2.19. The Balaban J connectivity index is 1.86. The van der Waals surface area contributed by atoms with Crippen molar-refractivity contribution in [2.24, 2.45) is 0 Å². The average molecular weight is 450 g/mol. The number of fused-ring (bicyclic) bond motifs is 1. The predicted molar refractivity (Wildman–Crippen MR) is 119 cm³/mol. The van der Waals surface area contributed by atoms with E-state index in [0.717, 1.165) is 19.4 Å². The lowest BCUT2D eigenvalue weighted by atomic mass is 10.1. The predicted octanol–water partition coefficient (Wildman–Crippen LogP) is 3.78. The second-order valence-corrected chi connectivity index (χ2v) is 9.62. The number of hydrogen-bond acceptors (Lipinski definition) is 5. The molecule has 32 heavy (non-hydrogen) atoms. The van der Waals surface area contributed by atoms with Gasteiger partial charge in [0.1, 0.15) is 11.6 Å². The quantitative estimate of drug-likeness (QED) is 0.513. The zero-order valence-electron chi connectivity index (χ0n) is 17.0. The molecule has 0 spiro atoms. The fourth-order valence-corrected chi connectivity index (χ4v) is 5.66. The van der Waals surface area contributed by atoms with Crippen LogP contribution in [-0.2, 0) is 9.84 Å². The van der Waals surface area contributed by atoms with Gasteiger partial charge in [0, 0.05) is 0 Å². The van der Waals surface area contributed by atoms with Crippen LogP contribution in [-0.4, -0.2) is 24.5 Å². The third kappa shape index (κ3) is 3.41. The Morgan fingerprint density at radius 3 is 2.50 bits per heavy atom.